The zero-order valence-corrected chi connectivity index (χ0v) is 8.48. The first kappa shape index (κ1) is 12.7. The number of hydrogen-bond acceptors (Lipinski definition) is 3. The van der Waals surface area contributed by atoms with Gasteiger partial charge in [-0.2, -0.15) is 0 Å². The van der Waals surface area contributed by atoms with Gasteiger partial charge in [-0.1, -0.05) is 30.4 Å². The van der Waals surface area contributed by atoms with E-state index in [0.717, 1.165) is 6.42 Å². The van der Waals surface area contributed by atoms with E-state index >= 15 is 0 Å². The summed E-state index contributed by atoms with van der Waals surface area (Å²) in [5.74, 6) is -0.317. The molecular formula is C11H17NO2. The summed E-state index contributed by atoms with van der Waals surface area (Å²) >= 11 is 0. The molecule has 0 aliphatic heterocycles. The number of esters is 1. The number of nitrogens with two attached hydrogens (primary N) is 1. The summed E-state index contributed by atoms with van der Waals surface area (Å²) in [6.07, 6.45) is 11.4. The van der Waals surface area contributed by atoms with Crippen molar-refractivity contribution in [2.24, 2.45) is 5.73 Å². The first-order valence-corrected chi connectivity index (χ1v) is 4.68. The van der Waals surface area contributed by atoms with Crippen LogP contribution in [0, 0.1) is 0 Å². The molecular weight excluding hydrogens is 178 g/mol. The second-order valence-corrected chi connectivity index (χ2v) is 2.50. The van der Waals surface area contributed by atoms with Gasteiger partial charge in [0.1, 0.15) is 0 Å². The highest BCUT2D eigenvalue weighted by Crippen LogP contribution is 1.85. The van der Waals surface area contributed by atoms with E-state index < -0.39 is 0 Å². The molecule has 0 aromatic rings. The molecule has 0 spiro atoms. The quantitative estimate of drug-likeness (QED) is 0.397. The minimum atomic E-state index is -0.317. The summed E-state index contributed by atoms with van der Waals surface area (Å²) in [6.45, 7) is 2.84. The highest BCUT2D eigenvalue weighted by Gasteiger charge is 1.89. The summed E-state index contributed by atoms with van der Waals surface area (Å²) in [5, 5.41) is 0. The molecule has 78 valence electrons. The molecule has 0 unspecified atom stereocenters. The third-order valence-corrected chi connectivity index (χ3v) is 1.32. The smallest absolute Gasteiger partial charge is 0.330 e. The second kappa shape index (κ2) is 9.74. The fraction of sp³-hybridized carbons (Fsp3) is 0.364. The van der Waals surface area contributed by atoms with Crippen molar-refractivity contribution in [3.8, 4) is 0 Å². The lowest BCUT2D eigenvalue weighted by atomic mass is 10.3. The highest BCUT2D eigenvalue weighted by atomic mass is 16.5. The van der Waals surface area contributed by atoms with Crippen LogP contribution in [0.4, 0.5) is 0 Å². The third-order valence-electron chi connectivity index (χ3n) is 1.32. The van der Waals surface area contributed by atoms with Crippen molar-refractivity contribution in [2.75, 3.05) is 13.2 Å². The average Bonchev–Trinajstić information content (AvgIpc) is 2.17. The molecule has 14 heavy (non-hydrogen) atoms. The van der Waals surface area contributed by atoms with Gasteiger partial charge >= 0.3 is 5.97 Å². The molecule has 0 radical (unpaired) electrons. The van der Waals surface area contributed by atoms with Crippen LogP contribution in [0.2, 0.25) is 0 Å². The Morgan fingerprint density at radius 1 is 1.29 bits per heavy atom. The van der Waals surface area contributed by atoms with Crippen LogP contribution in [0.1, 0.15) is 13.3 Å². The molecule has 3 heteroatoms. The van der Waals surface area contributed by atoms with Crippen LogP contribution >= 0.6 is 0 Å². The lowest BCUT2D eigenvalue weighted by Crippen LogP contribution is -1.98. The molecule has 0 aromatic heterocycles. The topological polar surface area (TPSA) is 52.3 Å². The van der Waals surface area contributed by atoms with Crippen LogP contribution in [0.25, 0.3) is 0 Å². The Morgan fingerprint density at radius 3 is 2.64 bits per heavy atom. The van der Waals surface area contributed by atoms with E-state index in [1.807, 2.05) is 18.2 Å². The van der Waals surface area contributed by atoms with Crippen LogP contribution < -0.4 is 5.73 Å². The predicted molar refractivity (Wildman–Crippen MR) is 57.7 cm³/mol. The molecule has 2 N–H and O–H groups in total. The van der Waals surface area contributed by atoms with Gasteiger partial charge in [0.15, 0.2) is 0 Å². The minimum Gasteiger partial charge on any atom is -0.463 e. The van der Waals surface area contributed by atoms with Gasteiger partial charge in [0.25, 0.3) is 0 Å². The highest BCUT2D eigenvalue weighted by molar-refractivity contribution is 5.82. The summed E-state index contributed by atoms with van der Waals surface area (Å²) in [7, 11) is 0. The summed E-state index contributed by atoms with van der Waals surface area (Å²) < 4.78 is 4.69. The number of ether oxygens (including phenoxy) is 1. The van der Waals surface area contributed by atoms with Crippen LogP contribution in [-0.4, -0.2) is 19.1 Å². The molecule has 0 saturated heterocycles. The molecule has 0 fully saturated rings. The van der Waals surface area contributed by atoms with Crippen molar-refractivity contribution >= 4 is 5.97 Å². The molecule has 0 atom stereocenters. The number of hydrogen-bond donors (Lipinski definition) is 1. The van der Waals surface area contributed by atoms with Crippen molar-refractivity contribution < 1.29 is 9.53 Å². The Hall–Kier alpha value is -1.35. The monoisotopic (exact) mass is 195 g/mol. The average molecular weight is 195 g/mol. The molecule has 0 amide bonds. The summed E-state index contributed by atoms with van der Waals surface area (Å²) in [5.41, 5.74) is 5.29. The van der Waals surface area contributed by atoms with Crippen molar-refractivity contribution in [1.29, 1.82) is 0 Å². The van der Waals surface area contributed by atoms with Gasteiger partial charge in [0, 0.05) is 6.08 Å². The van der Waals surface area contributed by atoms with Gasteiger partial charge in [0.05, 0.1) is 6.61 Å². The van der Waals surface area contributed by atoms with Crippen LogP contribution in [0.5, 0.6) is 0 Å². The standard InChI is InChI=1S/C11H17NO2/c1-2-14-11(13)9-7-5-3-4-6-8-10-12/h3-7,9H,2,8,10,12H2,1H3/b5-3+,6-4+,9-7+. The van der Waals surface area contributed by atoms with E-state index in [0.29, 0.717) is 13.2 Å². The van der Waals surface area contributed by atoms with Gasteiger partial charge in [-0.15, -0.1) is 0 Å². The van der Waals surface area contributed by atoms with Crippen LogP contribution in [-0.2, 0) is 9.53 Å². The van der Waals surface area contributed by atoms with E-state index in [1.165, 1.54) is 6.08 Å². The zero-order valence-electron chi connectivity index (χ0n) is 8.48. The summed E-state index contributed by atoms with van der Waals surface area (Å²) in [4.78, 5) is 10.8. The van der Waals surface area contributed by atoms with Crippen molar-refractivity contribution in [2.45, 2.75) is 13.3 Å². The molecule has 0 saturated carbocycles. The molecule has 0 aromatic carbocycles. The number of carbonyl (C=O) groups is 1. The van der Waals surface area contributed by atoms with E-state index in [1.54, 1.807) is 19.1 Å². The van der Waals surface area contributed by atoms with Gasteiger partial charge < -0.3 is 10.5 Å². The lowest BCUT2D eigenvalue weighted by molar-refractivity contribution is -0.137. The first-order valence-electron chi connectivity index (χ1n) is 4.68. The van der Waals surface area contributed by atoms with Gasteiger partial charge in [-0.25, -0.2) is 4.79 Å². The maximum atomic E-state index is 10.8. The first-order chi connectivity index (χ1) is 6.81. The van der Waals surface area contributed by atoms with E-state index in [-0.39, 0.29) is 5.97 Å². The fourth-order valence-corrected chi connectivity index (χ4v) is 0.724. The molecule has 0 heterocycles. The van der Waals surface area contributed by atoms with Gasteiger partial charge in [0.2, 0.25) is 0 Å². The number of rotatable bonds is 6. The number of allylic oxidation sites excluding steroid dienone is 4. The molecule has 0 bridgehead atoms. The Bertz CT molecular complexity index is 229. The fourth-order valence-electron chi connectivity index (χ4n) is 0.724. The zero-order chi connectivity index (χ0) is 10.6. The normalized spacial score (nSPS) is 11.9. The lowest BCUT2D eigenvalue weighted by Gasteiger charge is -1.92. The van der Waals surface area contributed by atoms with E-state index in [2.05, 4.69) is 0 Å². The van der Waals surface area contributed by atoms with Gasteiger partial charge in [-0.05, 0) is 19.9 Å². The Morgan fingerprint density at radius 2 is 2.00 bits per heavy atom. The van der Waals surface area contributed by atoms with Crippen molar-refractivity contribution in [3.63, 3.8) is 0 Å². The van der Waals surface area contributed by atoms with Crippen molar-refractivity contribution in [1.82, 2.24) is 0 Å². The van der Waals surface area contributed by atoms with Crippen LogP contribution in [0.3, 0.4) is 0 Å². The SMILES string of the molecule is CCOC(=O)/C=C/C=C/C=C/CCN. The van der Waals surface area contributed by atoms with E-state index in [4.69, 9.17) is 10.5 Å². The Kier molecular flexibility index (Phi) is 8.80. The third kappa shape index (κ3) is 8.74. The maximum Gasteiger partial charge on any atom is 0.330 e. The van der Waals surface area contributed by atoms with Crippen molar-refractivity contribution in [3.05, 3.63) is 36.5 Å². The summed E-state index contributed by atoms with van der Waals surface area (Å²) in [6, 6.07) is 0. The molecule has 0 aliphatic carbocycles. The molecule has 3 nitrogen and oxygen atoms in total. The minimum absolute atomic E-state index is 0.317. The molecule has 0 rings (SSSR count). The Balaban J connectivity index is 3.64. The largest absolute Gasteiger partial charge is 0.463 e. The Labute approximate surface area is 84.9 Å². The molecule has 0 aliphatic rings. The van der Waals surface area contributed by atoms with Crippen LogP contribution in [0.15, 0.2) is 36.5 Å². The second-order valence-electron chi connectivity index (χ2n) is 2.50. The van der Waals surface area contributed by atoms with E-state index in [9.17, 15) is 4.79 Å². The van der Waals surface area contributed by atoms with Gasteiger partial charge in [-0.3, -0.25) is 0 Å². The maximum absolute atomic E-state index is 10.8. The number of carbonyl (C=O) groups excluding carboxylic acids is 1. The predicted octanol–water partition coefficient (Wildman–Crippen LogP) is 1.57.